The summed E-state index contributed by atoms with van der Waals surface area (Å²) in [6.45, 7) is -2.68. The van der Waals surface area contributed by atoms with Crippen LogP contribution in [0.4, 0.5) is 27.8 Å². The molecule has 4 aromatic rings. The van der Waals surface area contributed by atoms with Crippen molar-refractivity contribution in [3.05, 3.63) is 42.5 Å². The molecule has 0 unspecified atom stereocenters. The van der Waals surface area contributed by atoms with Crippen LogP contribution in [0, 0.1) is 6.92 Å². The Kier molecular flexibility index (Phi) is 5.11. The van der Waals surface area contributed by atoms with Crippen molar-refractivity contribution in [2.45, 2.75) is 26.3 Å². The molecule has 4 rings (SSSR count). The summed E-state index contributed by atoms with van der Waals surface area (Å²) in [4.78, 5) is 8.26. The fourth-order valence-corrected chi connectivity index (χ4v) is 3.26. The number of nitrogen functional groups attached to an aromatic ring is 1. The predicted molar refractivity (Wildman–Crippen MR) is 104 cm³/mol. The molecule has 8 nitrogen and oxygen atoms in total. The van der Waals surface area contributed by atoms with Crippen molar-refractivity contribution in [3.8, 4) is 28.6 Å². The summed E-state index contributed by atoms with van der Waals surface area (Å²) in [6, 6.07) is 2.86. The van der Waals surface area contributed by atoms with E-state index >= 15 is 0 Å². The molecule has 3 N–H and O–H groups in total. The Hall–Kier alpha value is -3.90. The molecule has 0 saturated heterocycles. The molecule has 0 fully saturated rings. The SMILES string of the molecule is Cc1cc(-c2cnc(N)c(OC(F)F)c2)nc2cn(-c3cnn(CC(F)(F)F)c3)c(O)c12. The van der Waals surface area contributed by atoms with Gasteiger partial charge in [-0.1, -0.05) is 0 Å². The number of alkyl halides is 5. The van der Waals surface area contributed by atoms with Crippen LogP contribution in [0.2, 0.25) is 0 Å². The number of hydrogen-bond acceptors (Lipinski definition) is 6. The number of ether oxygens (including phenoxy) is 1. The van der Waals surface area contributed by atoms with Gasteiger partial charge in [-0.05, 0) is 24.6 Å². The van der Waals surface area contributed by atoms with Gasteiger partial charge in [0.25, 0.3) is 0 Å². The molecule has 0 saturated carbocycles. The van der Waals surface area contributed by atoms with Crippen LogP contribution in [0.1, 0.15) is 5.56 Å². The highest BCUT2D eigenvalue weighted by molar-refractivity contribution is 5.90. The third kappa shape index (κ3) is 4.13. The Morgan fingerprint density at radius 3 is 2.62 bits per heavy atom. The van der Waals surface area contributed by atoms with Gasteiger partial charge in [-0.2, -0.15) is 27.1 Å². The van der Waals surface area contributed by atoms with Crippen molar-refractivity contribution in [3.63, 3.8) is 0 Å². The molecule has 0 atom stereocenters. The van der Waals surface area contributed by atoms with E-state index in [1.807, 2.05) is 0 Å². The van der Waals surface area contributed by atoms with E-state index in [0.717, 1.165) is 6.20 Å². The molecular formula is C19H15F5N6O2. The Morgan fingerprint density at radius 2 is 1.94 bits per heavy atom. The van der Waals surface area contributed by atoms with E-state index < -0.39 is 19.3 Å². The minimum Gasteiger partial charge on any atom is -0.494 e. The zero-order valence-corrected chi connectivity index (χ0v) is 16.3. The van der Waals surface area contributed by atoms with Gasteiger partial charge in [0.2, 0.25) is 5.88 Å². The van der Waals surface area contributed by atoms with Crippen LogP contribution in [-0.2, 0) is 6.54 Å². The third-order valence-corrected chi connectivity index (χ3v) is 4.58. The number of pyridine rings is 2. The normalized spacial score (nSPS) is 12.1. The van der Waals surface area contributed by atoms with Crippen LogP contribution < -0.4 is 10.5 Å². The number of anilines is 1. The number of aromatic hydroxyl groups is 1. The van der Waals surface area contributed by atoms with E-state index in [2.05, 4.69) is 19.8 Å². The topological polar surface area (TPSA) is 104 Å². The van der Waals surface area contributed by atoms with Gasteiger partial charge in [0.15, 0.2) is 11.6 Å². The van der Waals surface area contributed by atoms with Gasteiger partial charge in [0.1, 0.15) is 6.54 Å². The van der Waals surface area contributed by atoms with Crippen LogP contribution in [0.25, 0.3) is 27.8 Å². The van der Waals surface area contributed by atoms with Crippen molar-refractivity contribution in [1.82, 2.24) is 24.3 Å². The Bertz CT molecular complexity index is 1300. The zero-order valence-electron chi connectivity index (χ0n) is 16.3. The summed E-state index contributed by atoms with van der Waals surface area (Å²) in [6.07, 6.45) is 0.634. The third-order valence-electron chi connectivity index (χ3n) is 4.58. The number of nitrogens with zero attached hydrogens (tertiary/aromatic N) is 5. The molecule has 32 heavy (non-hydrogen) atoms. The lowest BCUT2D eigenvalue weighted by atomic mass is 10.1. The number of rotatable bonds is 5. The van der Waals surface area contributed by atoms with Gasteiger partial charge in [-0.15, -0.1) is 0 Å². The second-order valence-electron chi connectivity index (χ2n) is 6.90. The number of halogens is 5. The lowest BCUT2D eigenvalue weighted by Gasteiger charge is -2.09. The Labute approximate surface area is 176 Å². The Balaban J connectivity index is 1.76. The number of fused-ring (bicyclic) bond motifs is 1. The van der Waals surface area contributed by atoms with E-state index in [9.17, 15) is 27.1 Å². The molecule has 0 aliphatic rings. The average molecular weight is 454 g/mol. The standard InChI is InChI=1S/C19H15F5N6O2/c1-9-2-12(10-3-14(32-18(20)21)16(25)26-4-10)28-13-7-30(17(31)15(9)13)11-5-27-29(6-11)8-19(22,23)24/h2-7,18,31H,8H2,1H3,(H2,25,26). The molecule has 0 bridgehead atoms. The number of hydrogen-bond donors (Lipinski definition) is 2. The number of aryl methyl sites for hydroxylation is 1. The predicted octanol–water partition coefficient (Wildman–Crippen LogP) is 4.04. The summed E-state index contributed by atoms with van der Waals surface area (Å²) in [7, 11) is 0. The first-order valence-electron chi connectivity index (χ1n) is 9.04. The second kappa shape index (κ2) is 7.66. The molecular weight excluding hydrogens is 439 g/mol. The summed E-state index contributed by atoms with van der Waals surface area (Å²) >= 11 is 0. The van der Waals surface area contributed by atoms with Crippen LogP contribution in [-0.4, -0.2) is 42.2 Å². The highest BCUT2D eigenvalue weighted by Gasteiger charge is 2.28. The van der Waals surface area contributed by atoms with E-state index in [0.29, 0.717) is 32.4 Å². The first kappa shape index (κ1) is 21.3. The lowest BCUT2D eigenvalue weighted by molar-refractivity contribution is -0.142. The molecule has 168 valence electrons. The maximum Gasteiger partial charge on any atom is 0.408 e. The fraction of sp³-hybridized carbons (Fsp3) is 0.211. The monoisotopic (exact) mass is 454 g/mol. The van der Waals surface area contributed by atoms with Gasteiger partial charge < -0.3 is 15.6 Å². The number of nitrogens with two attached hydrogens (primary N) is 1. The van der Waals surface area contributed by atoms with E-state index in [1.165, 1.54) is 29.2 Å². The van der Waals surface area contributed by atoms with Crippen LogP contribution in [0.3, 0.4) is 0 Å². The molecule has 13 heteroatoms. The second-order valence-corrected chi connectivity index (χ2v) is 6.90. The van der Waals surface area contributed by atoms with Gasteiger partial charge in [-0.3, -0.25) is 9.25 Å². The molecule has 0 amide bonds. The van der Waals surface area contributed by atoms with Crippen molar-refractivity contribution in [1.29, 1.82) is 0 Å². The van der Waals surface area contributed by atoms with E-state index in [4.69, 9.17) is 5.73 Å². The molecule has 0 radical (unpaired) electrons. The van der Waals surface area contributed by atoms with Crippen LogP contribution in [0.15, 0.2) is 36.9 Å². The molecule has 0 aromatic carbocycles. The van der Waals surface area contributed by atoms with Gasteiger partial charge in [0, 0.05) is 24.2 Å². The first-order chi connectivity index (χ1) is 15.0. The van der Waals surface area contributed by atoms with E-state index in [1.54, 1.807) is 13.0 Å². The average Bonchev–Trinajstić information content (AvgIpc) is 3.26. The molecule has 0 aliphatic carbocycles. The Morgan fingerprint density at radius 1 is 1.19 bits per heavy atom. The quantitative estimate of drug-likeness (QED) is 0.441. The summed E-state index contributed by atoms with van der Waals surface area (Å²) < 4.78 is 69.3. The number of aromatic nitrogens is 5. The van der Waals surface area contributed by atoms with E-state index in [-0.39, 0.29) is 23.1 Å². The summed E-state index contributed by atoms with van der Waals surface area (Å²) in [5.74, 6) is -0.763. The van der Waals surface area contributed by atoms with Crippen molar-refractivity contribution in [2.75, 3.05) is 5.73 Å². The van der Waals surface area contributed by atoms with Crippen molar-refractivity contribution < 1.29 is 31.8 Å². The minimum absolute atomic E-state index is 0.201. The first-order valence-corrected chi connectivity index (χ1v) is 9.04. The highest BCUT2D eigenvalue weighted by atomic mass is 19.4. The molecule has 0 spiro atoms. The summed E-state index contributed by atoms with van der Waals surface area (Å²) in [5, 5.41) is 14.7. The van der Waals surface area contributed by atoms with Crippen molar-refractivity contribution >= 4 is 16.7 Å². The van der Waals surface area contributed by atoms with Crippen molar-refractivity contribution in [2.24, 2.45) is 0 Å². The lowest BCUT2D eigenvalue weighted by Crippen LogP contribution is -2.17. The van der Waals surface area contributed by atoms with Gasteiger partial charge in [0.05, 0.1) is 28.5 Å². The molecule has 0 aliphatic heterocycles. The van der Waals surface area contributed by atoms with Gasteiger partial charge >= 0.3 is 12.8 Å². The largest absolute Gasteiger partial charge is 0.494 e. The maximum absolute atomic E-state index is 12.6. The smallest absolute Gasteiger partial charge is 0.408 e. The van der Waals surface area contributed by atoms with Gasteiger partial charge in [-0.25, -0.2) is 9.97 Å². The summed E-state index contributed by atoms with van der Waals surface area (Å²) in [5.41, 5.74) is 7.33. The molecule has 4 heterocycles. The van der Waals surface area contributed by atoms with Crippen LogP contribution >= 0.6 is 0 Å². The minimum atomic E-state index is -4.44. The zero-order chi connectivity index (χ0) is 23.2. The molecule has 4 aromatic heterocycles. The van der Waals surface area contributed by atoms with Crippen LogP contribution in [0.5, 0.6) is 11.6 Å². The highest BCUT2D eigenvalue weighted by Crippen LogP contribution is 2.35. The maximum atomic E-state index is 12.6. The fourth-order valence-electron chi connectivity index (χ4n) is 3.26.